The van der Waals surface area contributed by atoms with Crippen LogP contribution >= 0.6 is 11.6 Å². The molecule has 0 saturated heterocycles. The van der Waals surface area contributed by atoms with Crippen LogP contribution in [0.3, 0.4) is 0 Å². The normalized spacial score (nSPS) is 10.3. The van der Waals surface area contributed by atoms with Gasteiger partial charge in [-0.25, -0.2) is 14.2 Å². The van der Waals surface area contributed by atoms with Crippen molar-refractivity contribution in [2.24, 2.45) is 0 Å². The van der Waals surface area contributed by atoms with Crippen LogP contribution in [0, 0.1) is 5.82 Å². The molecule has 3 rings (SSSR count). The second-order valence-electron chi connectivity index (χ2n) is 5.00. The number of hydrogen-bond donors (Lipinski definition) is 3. The van der Waals surface area contributed by atoms with Crippen LogP contribution in [-0.2, 0) is 0 Å². The van der Waals surface area contributed by atoms with Crippen LogP contribution in [0.4, 0.5) is 27.5 Å². The summed E-state index contributed by atoms with van der Waals surface area (Å²) in [5, 5.41) is 15.0. The van der Waals surface area contributed by atoms with E-state index in [1.165, 1.54) is 30.5 Å². The van der Waals surface area contributed by atoms with E-state index < -0.39 is 11.8 Å². The zero-order valence-electron chi connectivity index (χ0n) is 12.7. The zero-order valence-corrected chi connectivity index (χ0v) is 13.5. The van der Waals surface area contributed by atoms with E-state index in [1.807, 2.05) is 0 Å². The van der Waals surface area contributed by atoms with E-state index in [0.29, 0.717) is 17.2 Å². The van der Waals surface area contributed by atoms with Gasteiger partial charge in [0.2, 0.25) is 5.95 Å². The van der Waals surface area contributed by atoms with Crippen LogP contribution in [0.5, 0.6) is 0 Å². The largest absolute Gasteiger partial charge is 0.478 e. The number of para-hydroxylation sites is 1. The van der Waals surface area contributed by atoms with Gasteiger partial charge in [-0.05, 0) is 36.4 Å². The third-order valence-electron chi connectivity index (χ3n) is 3.25. The van der Waals surface area contributed by atoms with Gasteiger partial charge in [0, 0.05) is 11.9 Å². The van der Waals surface area contributed by atoms with Crippen molar-refractivity contribution in [1.29, 1.82) is 0 Å². The van der Waals surface area contributed by atoms with Crippen LogP contribution in [0.2, 0.25) is 5.02 Å². The topological polar surface area (TPSA) is 87.1 Å². The summed E-state index contributed by atoms with van der Waals surface area (Å²) in [5.41, 5.74) is 1.06. The van der Waals surface area contributed by atoms with Crippen molar-refractivity contribution in [3.05, 3.63) is 71.1 Å². The monoisotopic (exact) mass is 358 g/mol. The lowest BCUT2D eigenvalue weighted by atomic mass is 10.2. The number of hydrogen-bond acceptors (Lipinski definition) is 5. The number of rotatable bonds is 5. The standard InChI is InChI=1S/C17H12ClFN4O2/c18-12-9-10(5-6-13(12)19)21-17-20-8-7-15(23-17)22-14-4-2-1-3-11(14)16(24)25/h1-9H,(H,24,25)(H2,20,21,22,23). The number of benzene rings is 2. The smallest absolute Gasteiger partial charge is 0.337 e. The third-order valence-corrected chi connectivity index (χ3v) is 3.54. The summed E-state index contributed by atoms with van der Waals surface area (Å²) in [6.45, 7) is 0. The van der Waals surface area contributed by atoms with Gasteiger partial charge in [-0.15, -0.1) is 0 Å². The minimum atomic E-state index is -1.04. The van der Waals surface area contributed by atoms with Crippen molar-refractivity contribution >= 4 is 40.7 Å². The molecule has 0 atom stereocenters. The maximum atomic E-state index is 13.2. The number of carboxylic acid groups (broad SMARTS) is 1. The molecule has 0 aliphatic carbocycles. The molecule has 0 fully saturated rings. The van der Waals surface area contributed by atoms with Crippen molar-refractivity contribution in [1.82, 2.24) is 9.97 Å². The van der Waals surface area contributed by atoms with Gasteiger partial charge in [0.1, 0.15) is 11.6 Å². The Morgan fingerprint density at radius 1 is 1.12 bits per heavy atom. The van der Waals surface area contributed by atoms with E-state index in [2.05, 4.69) is 20.6 Å². The first-order chi connectivity index (χ1) is 12.0. The van der Waals surface area contributed by atoms with E-state index in [0.717, 1.165) is 0 Å². The van der Waals surface area contributed by atoms with Crippen molar-refractivity contribution in [2.75, 3.05) is 10.6 Å². The number of nitrogens with one attached hydrogen (secondary N) is 2. The molecular formula is C17H12ClFN4O2. The highest BCUT2D eigenvalue weighted by atomic mass is 35.5. The Balaban J connectivity index is 1.82. The lowest BCUT2D eigenvalue weighted by Crippen LogP contribution is -2.04. The Morgan fingerprint density at radius 2 is 1.92 bits per heavy atom. The fourth-order valence-corrected chi connectivity index (χ4v) is 2.29. The highest BCUT2D eigenvalue weighted by Gasteiger charge is 2.10. The van der Waals surface area contributed by atoms with Crippen molar-refractivity contribution in [3.8, 4) is 0 Å². The molecule has 0 spiro atoms. The van der Waals surface area contributed by atoms with Crippen molar-refractivity contribution in [2.45, 2.75) is 0 Å². The molecule has 2 aromatic carbocycles. The molecule has 0 radical (unpaired) electrons. The summed E-state index contributed by atoms with van der Waals surface area (Å²) >= 11 is 5.74. The van der Waals surface area contributed by atoms with E-state index in [1.54, 1.807) is 24.3 Å². The van der Waals surface area contributed by atoms with Gasteiger partial charge in [-0.1, -0.05) is 23.7 Å². The Kier molecular flexibility index (Phi) is 4.76. The van der Waals surface area contributed by atoms with Gasteiger partial charge < -0.3 is 15.7 Å². The second-order valence-corrected chi connectivity index (χ2v) is 5.40. The van der Waals surface area contributed by atoms with Crippen molar-refractivity contribution in [3.63, 3.8) is 0 Å². The minimum Gasteiger partial charge on any atom is -0.478 e. The van der Waals surface area contributed by atoms with Crippen LogP contribution in [-0.4, -0.2) is 21.0 Å². The Morgan fingerprint density at radius 3 is 2.68 bits per heavy atom. The number of nitrogens with zero attached hydrogens (tertiary/aromatic N) is 2. The Bertz CT molecular complexity index is 936. The molecule has 126 valence electrons. The number of aromatic carboxylic acids is 1. The number of anilines is 4. The fourth-order valence-electron chi connectivity index (χ4n) is 2.11. The van der Waals surface area contributed by atoms with Crippen LogP contribution in [0.1, 0.15) is 10.4 Å². The molecule has 25 heavy (non-hydrogen) atoms. The average Bonchev–Trinajstić information content (AvgIpc) is 2.59. The first-order valence-electron chi connectivity index (χ1n) is 7.17. The lowest BCUT2D eigenvalue weighted by Gasteiger charge is -2.10. The number of halogens is 2. The van der Waals surface area contributed by atoms with Crippen LogP contribution in [0.15, 0.2) is 54.7 Å². The summed E-state index contributed by atoms with van der Waals surface area (Å²) in [4.78, 5) is 19.6. The second kappa shape index (κ2) is 7.14. The van der Waals surface area contributed by atoms with Gasteiger partial charge in [0.15, 0.2) is 0 Å². The first-order valence-corrected chi connectivity index (χ1v) is 7.55. The molecular weight excluding hydrogens is 347 g/mol. The maximum Gasteiger partial charge on any atom is 0.337 e. The van der Waals surface area contributed by atoms with E-state index in [4.69, 9.17) is 11.6 Å². The molecule has 0 aliphatic rings. The molecule has 0 amide bonds. The summed E-state index contributed by atoms with van der Waals surface area (Å²) in [5.74, 6) is -0.912. The number of aromatic nitrogens is 2. The van der Waals surface area contributed by atoms with E-state index in [-0.39, 0.29) is 16.5 Å². The van der Waals surface area contributed by atoms with Crippen molar-refractivity contribution < 1.29 is 14.3 Å². The van der Waals surface area contributed by atoms with Gasteiger partial charge in [0.05, 0.1) is 16.3 Å². The molecule has 8 heteroatoms. The minimum absolute atomic E-state index is 0.0188. The fraction of sp³-hybridized carbons (Fsp3) is 0. The first kappa shape index (κ1) is 16.7. The van der Waals surface area contributed by atoms with Crippen LogP contribution < -0.4 is 10.6 Å². The molecule has 6 nitrogen and oxygen atoms in total. The summed E-state index contributed by atoms with van der Waals surface area (Å²) in [6, 6.07) is 12.2. The third kappa shape index (κ3) is 4.02. The zero-order chi connectivity index (χ0) is 17.8. The summed E-state index contributed by atoms with van der Waals surface area (Å²) in [6.07, 6.45) is 1.51. The maximum absolute atomic E-state index is 13.2. The summed E-state index contributed by atoms with van der Waals surface area (Å²) in [7, 11) is 0. The Hall–Kier alpha value is -3.19. The molecule has 0 aliphatic heterocycles. The van der Waals surface area contributed by atoms with E-state index in [9.17, 15) is 14.3 Å². The highest BCUT2D eigenvalue weighted by Crippen LogP contribution is 2.23. The lowest BCUT2D eigenvalue weighted by molar-refractivity contribution is 0.0698. The summed E-state index contributed by atoms with van der Waals surface area (Å²) < 4.78 is 13.2. The quantitative estimate of drug-likeness (QED) is 0.624. The van der Waals surface area contributed by atoms with Crippen LogP contribution in [0.25, 0.3) is 0 Å². The van der Waals surface area contributed by atoms with Gasteiger partial charge >= 0.3 is 5.97 Å². The molecule has 1 aromatic heterocycles. The molecule has 3 N–H and O–H groups in total. The number of carboxylic acids is 1. The Labute approximate surface area is 147 Å². The van der Waals surface area contributed by atoms with E-state index >= 15 is 0 Å². The average molecular weight is 359 g/mol. The molecule has 0 saturated carbocycles. The SMILES string of the molecule is O=C(O)c1ccccc1Nc1ccnc(Nc2ccc(F)c(Cl)c2)n1. The molecule has 3 aromatic rings. The highest BCUT2D eigenvalue weighted by molar-refractivity contribution is 6.31. The van der Waals surface area contributed by atoms with Gasteiger partial charge in [-0.2, -0.15) is 4.98 Å². The van der Waals surface area contributed by atoms with Gasteiger partial charge in [-0.3, -0.25) is 0 Å². The molecule has 1 heterocycles. The molecule has 0 unspecified atom stereocenters. The van der Waals surface area contributed by atoms with Gasteiger partial charge in [0.25, 0.3) is 0 Å². The molecule has 0 bridgehead atoms. The predicted molar refractivity (Wildman–Crippen MR) is 93.4 cm³/mol. The predicted octanol–water partition coefficient (Wildman–Crippen LogP) is 4.45. The number of carbonyl (C=O) groups is 1.